The molecule has 2 rings (SSSR count). The molecule has 1 fully saturated rings. The fourth-order valence-corrected chi connectivity index (χ4v) is 2.24. The molecular formula is C12H16N2O2. The van der Waals surface area contributed by atoms with Crippen LogP contribution in [0.15, 0.2) is 18.2 Å². The number of hydrogen-bond acceptors (Lipinski definition) is 3. The number of piperidine rings is 1. The van der Waals surface area contributed by atoms with E-state index in [0.29, 0.717) is 0 Å². The highest BCUT2D eigenvalue weighted by molar-refractivity contribution is 5.57. The second-order valence-electron chi connectivity index (χ2n) is 4.28. The molecule has 0 bridgehead atoms. The number of nitro groups is 1. The molecule has 1 saturated heterocycles. The van der Waals surface area contributed by atoms with Gasteiger partial charge in [0.1, 0.15) is 0 Å². The van der Waals surface area contributed by atoms with E-state index in [0.717, 1.165) is 24.3 Å². The van der Waals surface area contributed by atoms with Gasteiger partial charge in [0.2, 0.25) is 0 Å². The number of rotatable bonds is 2. The van der Waals surface area contributed by atoms with E-state index < -0.39 is 0 Å². The molecule has 0 aliphatic carbocycles. The first kappa shape index (κ1) is 10.9. The van der Waals surface area contributed by atoms with Gasteiger partial charge in [-0.1, -0.05) is 0 Å². The third-order valence-electron chi connectivity index (χ3n) is 3.09. The second-order valence-corrected chi connectivity index (χ2v) is 4.28. The minimum Gasteiger partial charge on any atom is -0.371 e. The van der Waals surface area contributed by atoms with Crippen molar-refractivity contribution in [3.63, 3.8) is 0 Å². The van der Waals surface area contributed by atoms with Crippen LogP contribution in [0, 0.1) is 17.0 Å². The predicted molar refractivity (Wildman–Crippen MR) is 63.9 cm³/mol. The molecule has 0 N–H and O–H groups in total. The zero-order chi connectivity index (χ0) is 11.5. The first-order valence-corrected chi connectivity index (χ1v) is 5.68. The Balaban J connectivity index is 2.24. The Bertz CT molecular complexity index is 398. The van der Waals surface area contributed by atoms with Crippen molar-refractivity contribution < 1.29 is 4.92 Å². The average Bonchev–Trinajstić information content (AvgIpc) is 2.30. The van der Waals surface area contributed by atoms with E-state index >= 15 is 0 Å². The number of nitro benzene ring substituents is 1. The predicted octanol–water partition coefficient (Wildman–Crippen LogP) is 2.89. The molecule has 0 aromatic heterocycles. The molecule has 0 atom stereocenters. The lowest BCUT2D eigenvalue weighted by atomic mass is 10.1. The van der Waals surface area contributed by atoms with Crippen molar-refractivity contribution in [3.8, 4) is 0 Å². The van der Waals surface area contributed by atoms with Gasteiger partial charge >= 0.3 is 0 Å². The summed E-state index contributed by atoms with van der Waals surface area (Å²) >= 11 is 0. The van der Waals surface area contributed by atoms with Crippen LogP contribution in [0.3, 0.4) is 0 Å². The highest BCUT2D eigenvalue weighted by atomic mass is 16.6. The Morgan fingerprint density at radius 3 is 2.50 bits per heavy atom. The highest BCUT2D eigenvalue weighted by Crippen LogP contribution is 2.26. The van der Waals surface area contributed by atoms with Crippen LogP contribution in [0.4, 0.5) is 11.4 Å². The smallest absolute Gasteiger partial charge is 0.269 e. The molecular weight excluding hydrogens is 204 g/mol. The molecule has 86 valence electrons. The van der Waals surface area contributed by atoms with E-state index in [4.69, 9.17) is 0 Å². The molecule has 1 heterocycles. The Hall–Kier alpha value is -1.58. The summed E-state index contributed by atoms with van der Waals surface area (Å²) in [6, 6.07) is 5.12. The van der Waals surface area contributed by atoms with E-state index in [1.54, 1.807) is 12.1 Å². The van der Waals surface area contributed by atoms with Gasteiger partial charge in [0, 0.05) is 30.9 Å². The van der Waals surface area contributed by atoms with Gasteiger partial charge in [-0.25, -0.2) is 0 Å². The summed E-state index contributed by atoms with van der Waals surface area (Å²) in [5.41, 5.74) is 2.32. The van der Waals surface area contributed by atoms with Gasteiger partial charge in [0.25, 0.3) is 5.69 Å². The zero-order valence-electron chi connectivity index (χ0n) is 9.48. The summed E-state index contributed by atoms with van der Waals surface area (Å²) in [6.45, 7) is 4.08. The summed E-state index contributed by atoms with van der Waals surface area (Å²) < 4.78 is 0. The normalized spacial score (nSPS) is 16.2. The monoisotopic (exact) mass is 220 g/mol. The molecule has 0 saturated carbocycles. The van der Waals surface area contributed by atoms with Crippen molar-refractivity contribution in [2.45, 2.75) is 26.2 Å². The van der Waals surface area contributed by atoms with E-state index in [2.05, 4.69) is 4.90 Å². The number of aryl methyl sites for hydroxylation is 1. The standard InChI is InChI=1S/C12H16N2O2/c1-10-9-11(14(15)16)5-6-12(10)13-7-3-2-4-8-13/h5-6,9H,2-4,7-8H2,1H3. The van der Waals surface area contributed by atoms with Crippen LogP contribution in [0.5, 0.6) is 0 Å². The highest BCUT2D eigenvalue weighted by Gasteiger charge is 2.15. The van der Waals surface area contributed by atoms with Gasteiger partial charge in [0.05, 0.1) is 4.92 Å². The SMILES string of the molecule is Cc1cc([N+](=O)[O-])ccc1N1CCCCC1. The molecule has 1 aromatic rings. The van der Waals surface area contributed by atoms with Gasteiger partial charge in [-0.2, -0.15) is 0 Å². The molecule has 0 amide bonds. The van der Waals surface area contributed by atoms with Crippen molar-refractivity contribution in [2.24, 2.45) is 0 Å². The van der Waals surface area contributed by atoms with E-state index in [-0.39, 0.29) is 10.6 Å². The minimum atomic E-state index is -0.340. The average molecular weight is 220 g/mol. The van der Waals surface area contributed by atoms with Crippen LogP contribution in [-0.2, 0) is 0 Å². The number of nitrogens with zero attached hydrogens (tertiary/aromatic N) is 2. The molecule has 4 nitrogen and oxygen atoms in total. The maximum Gasteiger partial charge on any atom is 0.269 e. The molecule has 0 radical (unpaired) electrons. The van der Waals surface area contributed by atoms with Gasteiger partial charge < -0.3 is 4.90 Å². The molecule has 1 aromatic carbocycles. The van der Waals surface area contributed by atoms with E-state index in [9.17, 15) is 10.1 Å². The molecule has 4 heteroatoms. The van der Waals surface area contributed by atoms with Crippen molar-refractivity contribution in [1.29, 1.82) is 0 Å². The Morgan fingerprint density at radius 2 is 1.94 bits per heavy atom. The van der Waals surface area contributed by atoms with Crippen molar-refractivity contribution in [1.82, 2.24) is 0 Å². The Morgan fingerprint density at radius 1 is 1.25 bits per heavy atom. The first-order valence-electron chi connectivity index (χ1n) is 5.68. The van der Waals surface area contributed by atoms with Gasteiger partial charge in [-0.3, -0.25) is 10.1 Å². The second kappa shape index (κ2) is 4.51. The van der Waals surface area contributed by atoms with Crippen LogP contribution >= 0.6 is 0 Å². The number of anilines is 1. The fraction of sp³-hybridized carbons (Fsp3) is 0.500. The lowest BCUT2D eigenvalue weighted by Crippen LogP contribution is -2.29. The lowest BCUT2D eigenvalue weighted by Gasteiger charge is -2.29. The minimum absolute atomic E-state index is 0.179. The van der Waals surface area contributed by atoms with Gasteiger partial charge in [-0.15, -0.1) is 0 Å². The Labute approximate surface area is 95.0 Å². The van der Waals surface area contributed by atoms with Crippen molar-refractivity contribution in [2.75, 3.05) is 18.0 Å². The van der Waals surface area contributed by atoms with Crippen LogP contribution in [0.1, 0.15) is 24.8 Å². The van der Waals surface area contributed by atoms with Gasteiger partial charge in [0.15, 0.2) is 0 Å². The van der Waals surface area contributed by atoms with Crippen LogP contribution < -0.4 is 4.90 Å². The summed E-state index contributed by atoms with van der Waals surface area (Å²) in [7, 11) is 0. The maximum absolute atomic E-state index is 10.6. The first-order chi connectivity index (χ1) is 7.68. The van der Waals surface area contributed by atoms with Crippen LogP contribution in [-0.4, -0.2) is 18.0 Å². The summed E-state index contributed by atoms with van der Waals surface area (Å²) in [5, 5.41) is 10.6. The fourth-order valence-electron chi connectivity index (χ4n) is 2.24. The quantitative estimate of drug-likeness (QED) is 0.568. The molecule has 0 spiro atoms. The van der Waals surface area contributed by atoms with Crippen molar-refractivity contribution >= 4 is 11.4 Å². The molecule has 1 aliphatic heterocycles. The van der Waals surface area contributed by atoms with E-state index in [1.807, 2.05) is 13.0 Å². The van der Waals surface area contributed by atoms with Crippen LogP contribution in [0.2, 0.25) is 0 Å². The van der Waals surface area contributed by atoms with Gasteiger partial charge in [-0.05, 0) is 37.8 Å². The number of benzene rings is 1. The summed E-state index contributed by atoms with van der Waals surface area (Å²) in [6.07, 6.45) is 3.73. The van der Waals surface area contributed by atoms with Crippen LogP contribution in [0.25, 0.3) is 0 Å². The zero-order valence-corrected chi connectivity index (χ0v) is 9.48. The summed E-state index contributed by atoms with van der Waals surface area (Å²) in [5.74, 6) is 0. The molecule has 1 aliphatic rings. The molecule has 0 unspecified atom stereocenters. The number of non-ortho nitro benzene ring substituents is 1. The lowest BCUT2D eigenvalue weighted by molar-refractivity contribution is -0.384. The maximum atomic E-state index is 10.6. The number of hydrogen-bond donors (Lipinski definition) is 0. The topological polar surface area (TPSA) is 46.4 Å². The van der Waals surface area contributed by atoms with Crippen molar-refractivity contribution in [3.05, 3.63) is 33.9 Å². The largest absolute Gasteiger partial charge is 0.371 e. The third kappa shape index (κ3) is 2.15. The summed E-state index contributed by atoms with van der Waals surface area (Å²) in [4.78, 5) is 12.6. The van der Waals surface area contributed by atoms with E-state index in [1.165, 1.54) is 19.3 Å². The Kier molecular flexibility index (Phi) is 3.08. The molecule has 16 heavy (non-hydrogen) atoms. The third-order valence-corrected chi connectivity index (χ3v) is 3.09.